The van der Waals surface area contributed by atoms with Crippen LogP contribution < -0.4 is 10.6 Å². The first-order chi connectivity index (χ1) is 11.5. The molecule has 1 aliphatic heterocycles. The lowest BCUT2D eigenvalue weighted by molar-refractivity contribution is -0.134. The van der Waals surface area contributed by atoms with Crippen LogP contribution in [0.2, 0.25) is 0 Å². The molecule has 1 aliphatic carbocycles. The van der Waals surface area contributed by atoms with Crippen molar-refractivity contribution >= 4 is 17.8 Å². The SMILES string of the molecule is CN=C(NCCC(=O)N(C)C)NC1CCN(C(=O)C2CCCC2)C1. The largest absolute Gasteiger partial charge is 0.356 e. The van der Waals surface area contributed by atoms with Crippen molar-refractivity contribution in [1.29, 1.82) is 0 Å². The van der Waals surface area contributed by atoms with Crippen LogP contribution in [0.5, 0.6) is 0 Å². The van der Waals surface area contributed by atoms with E-state index in [2.05, 4.69) is 15.6 Å². The van der Waals surface area contributed by atoms with E-state index in [1.165, 1.54) is 12.8 Å². The molecule has 7 nitrogen and oxygen atoms in total. The number of nitrogens with zero attached hydrogens (tertiary/aromatic N) is 3. The fraction of sp³-hybridized carbons (Fsp3) is 0.824. The molecule has 1 atom stereocenters. The second-order valence-electron chi connectivity index (χ2n) is 6.93. The van der Waals surface area contributed by atoms with Crippen LogP contribution in [-0.2, 0) is 9.59 Å². The van der Waals surface area contributed by atoms with Crippen LogP contribution in [0.4, 0.5) is 0 Å². The third-order valence-corrected chi connectivity index (χ3v) is 4.90. The molecule has 0 aromatic carbocycles. The van der Waals surface area contributed by atoms with Crippen LogP contribution in [-0.4, -0.2) is 74.4 Å². The standard InChI is InChI=1S/C17H31N5O2/c1-18-17(19-10-8-15(23)21(2)3)20-14-9-11-22(12-14)16(24)13-6-4-5-7-13/h13-14H,4-12H2,1-3H3,(H2,18,19,20). The lowest BCUT2D eigenvalue weighted by Crippen LogP contribution is -2.46. The number of guanidine groups is 1. The summed E-state index contributed by atoms with van der Waals surface area (Å²) in [6.07, 6.45) is 5.86. The summed E-state index contributed by atoms with van der Waals surface area (Å²) in [5, 5.41) is 6.53. The molecule has 24 heavy (non-hydrogen) atoms. The Bertz CT molecular complexity index is 472. The molecule has 0 radical (unpaired) electrons. The van der Waals surface area contributed by atoms with Gasteiger partial charge in [0, 0.05) is 59.2 Å². The highest BCUT2D eigenvalue weighted by Crippen LogP contribution is 2.27. The first-order valence-corrected chi connectivity index (χ1v) is 8.97. The van der Waals surface area contributed by atoms with Gasteiger partial charge in [-0.2, -0.15) is 0 Å². The predicted molar refractivity (Wildman–Crippen MR) is 94.8 cm³/mol. The topological polar surface area (TPSA) is 77.0 Å². The zero-order valence-electron chi connectivity index (χ0n) is 15.2. The van der Waals surface area contributed by atoms with E-state index in [0.717, 1.165) is 32.4 Å². The lowest BCUT2D eigenvalue weighted by Gasteiger charge is -2.21. The third-order valence-electron chi connectivity index (χ3n) is 4.90. The van der Waals surface area contributed by atoms with Crippen molar-refractivity contribution in [2.45, 2.75) is 44.6 Å². The maximum atomic E-state index is 12.5. The van der Waals surface area contributed by atoms with Gasteiger partial charge in [-0.3, -0.25) is 14.6 Å². The van der Waals surface area contributed by atoms with Crippen LogP contribution >= 0.6 is 0 Å². The van der Waals surface area contributed by atoms with E-state index in [4.69, 9.17) is 0 Å². The number of hydrogen-bond donors (Lipinski definition) is 2. The summed E-state index contributed by atoms with van der Waals surface area (Å²) in [5.74, 6) is 1.36. The van der Waals surface area contributed by atoms with Gasteiger partial charge in [-0.15, -0.1) is 0 Å². The Morgan fingerprint density at radius 1 is 1.21 bits per heavy atom. The number of aliphatic imine (C=N–C) groups is 1. The first kappa shape index (κ1) is 18.5. The number of amides is 2. The van der Waals surface area contributed by atoms with E-state index in [1.807, 2.05) is 4.90 Å². The summed E-state index contributed by atoms with van der Waals surface area (Å²) < 4.78 is 0. The smallest absolute Gasteiger partial charge is 0.225 e. The van der Waals surface area contributed by atoms with Gasteiger partial charge in [0.05, 0.1) is 0 Å². The van der Waals surface area contributed by atoms with Gasteiger partial charge in [-0.05, 0) is 19.3 Å². The molecule has 1 saturated heterocycles. The number of nitrogens with one attached hydrogen (secondary N) is 2. The van der Waals surface area contributed by atoms with Gasteiger partial charge >= 0.3 is 0 Å². The second-order valence-corrected chi connectivity index (χ2v) is 6.93. The summed E-state index contributed by atoms with van der Waals surface area (Å²) in [5.41, 5.74) is 0. The molecule has 1 heterocycles. The van der Waals surface area contributed by atoms with Crippen LogP contribution in [0.3, 0.4) is 0 Å². The number of carbonyl (C=O) groups excluding carboxylic acids is 2. The Morgan fingerprint density at radius 3 is 2.54 bits per heavy atom. The van der Waals surface area contributed by atoms with Crippen LogP contribution in [0.15, 0.2) is 4.99 Å². The minimum Gasteiger partial charge on any atom is -0.356 e. The molecule has 7 heteroatoms. The Kier molecular flexibility index (Phi) is 6.87. The van der Waals surface area contributed by atoms with E-state index >= 15 is 0 Å². The highest BCUT2D eigenvalue weighted by molar-refractivity contribution is 5.82. The number of hydrogen-bond acceptors (Lipinski definition) is 3. The van der Waals surface area contributed by atoms with Gasteiger partial charge in [-0.25, -0.2) is 0 Å². The van der Waals surface area contributed by atoms with Crippen LogP contribution in [0.1, 0.15) is 38.5 Å². The lowest BCUT2D eigenvalue weighted by atomic mass is 10.1. The summed E-state index contributed by atoms with van der Waals surface area (Å²) in [6, 6.07) is 0.228. The average Bonchev–Trinajstić information content (AvgIpc) is 3.24. The van der Waals surface area contributed by atoms with Crippen molar-refractivity contribution in [3.63, 3.8) is 0 Å². The molecule has 1 saturated carbocycles. The average molecular weight is 337 g/mol. The van der Waals surface area contributed by atoms with Crippen molar-refractivity contribution < 1.29 is 9.59 Å². The van der Waals surface area contributed by atoms with Gasteiger partial charge in [0.15, 0.2) is 5.96 Å². The summed E-state index contributed by atoms with van der Waals surface area (Å²) in [6.45, 7) is 2.11. The van der Waals surface area contributed by atoms with E-state index in [9.17, 15) is 9.59 Å². The van der Waals surface area contributed by atoms with Gasteiger partial charge in [0.2, 0.25) is 11.8 Å². The van der Waals surface area contributed by atoms with Crippen molar-refractivity contribution in [2.24, 2.45) is 10.9 Å². The molecule has 2 fully saturated rings. The number of likely N-dealkylation sites (tertiary alicyclic amines) is 1. The molecule has 2 N–H and O–H groups in total. The quantitative estimate of drug-likeness (QED) is 0.563. The number of carbonyl (C=O) groups is 2. The minimum absolute atomic E-state index is 0.0900. The Morgan fingerprint density at radius 2 is 1.92 bits per heavy atom. The molecular formula is C17H31N5O2. The highest BCUT2D eigenvalue weighted by atomic mass is 16.2. The second kappa shape index (κ2) is 8.89. The molecule has 0 aromatic heterocycles. The van der Waals surface area contributed by atoms with Crippen LogP contribution in [0.25, 0.3) is 0 Å². The van der Waals surface area contributed by atoms with E-state index in [-0.39, 0.29) is 17.9 Å². The van der Waals surface area contributed by atoms with E-state index in [0.29, 0.717) is 24.8 Å². The molecular weight excluding hydrogens is 306 g/mol. The van der Waals surface area contributed by atoms with Gasteiger partial charge in [-0.1, -0.05) is 12.8 Å². The van der Waals surface area contributed by atoms with Crippen molar-refractivity contribution in [3.8, 4) is 0 Å². The predicted octanol–water partition coefficient (Wildman–Crippen LogP) is 0.421. The minimum atomic E-state index is 0.0900. The fourth-order valence-electron chi connectivity index (χ4n) is 3.41. The zero-order valence-corrected chi connectivity index (χ0v) is 15.2. The number of rotatable bonds is 5. The molecule has 2 amide bonds. The molecule has 2 rings (SSSR count). The summed E-state index contributed by atoms with van der Waals surface area (Å²) >= 11 is 0. The zero-order chi connectivity index (χ0) is 17.5. The Labute approximate surface area is 144 Å². The summed E-state index contributed by atoms with van der Waals surface area (Å²) in [7, 11) is 5.23. The Balaban J connectivity index is 1.72. The van der Waals surface area contributed by atoms with Gasteiger partial charge in [0.1, 0.15) is 0 Å². The first-order valence-electron chi connectivity index (χ1n) is 8.97. The maximum absolute atomic E-state index is 12.5. The third kappa shape index (κ3) is 5.11. The normalized spacial score (nSPS) is 21.9. The fourth-order valence-corrected chi connectivity index (χ4v) is 3.41. The van der Waals surface area contributed by atoms with Crippen molar-refractivity contribution in [2.75, 3.05) is 40.8 Å². The summed E-state index contributed by atoms with van der Waals surface area (Å²) in [4.78, 5) is 31.8. The van der Waals surface area contributed by atoms with E-state index in [1.54, 1.807) is 26.0 Å². The van der Waals surface area contributed by atoms with Gasteiger partial charge in [0.25, 0.3) is 0 Å². The highest BCUT2D eigenvalue weighted by Gasteiger charge is 2.32. The Hall–Kier alpha value is -1.79. The monoisotopic (exact) mass is 337 g/mol. The van der Waals surface area contributed by atoms with Crippen molar-refractivity contribution in [1.82, 2.24) is 20.4 Å². The molecule has 0 aromatic rings. The molecule has 0 bridgehead atoms. The molecule has 1 unspecified atom stereocenters. The van der Waals surface area contributed by atoms with E-state index < -0.39 is 0 Å². The maximum Gasteiger partial charge on any atom is 0.225 e. The molecule has 0 spiro atoms. The van der Waals surface area contributed by atoms with Crippen LogP contribution in [0, 0.1) is 5.92 Å². The molecule has 136 valence electrons. The molecule has 2 aliphatic rings. The van der Waals surface area contributed by atoms with Crippen molar-refractivity contribution in [3.05, 3.63) is 0 Å². The van der Waals surface area contributed by atoms with Gasteiger partial charge < -0.3 is 20.4 Å².